The molecule has 2 heterocycles. The van der Waals surface area contributed by atoms with Crippen LogP contribution in [-0.4, -0.2) is 37.2 Å². The Morgan fingerprint density at radius 1 is 1.36 bits per heavy atom. The summed E-state index contributed by atoms with van der Waals surface area (Å²) in [5.74, 6) is 1.08. The zero-order valence-corrected chi connectivity index (χ0v) is 16.6. The van der Waals surface area contributed by atoms with Gasteiger partial charge >= 0.3 is 0 Å². The second-order valence-electron chi connectivity index (χ2n) is 7.65. The van der Waals surface area contributed by atoms with Crippen LogP contribution in [0.25, 0.3) is 0 Å². The van der Waals surface area contributed by atoms with Crippen molar-refractivity contribution in [2.45, 2.75) is 37.5 Å². The van der Waals surface area contributed by atoms with Crippen LogP contribution >= 0.6 is 0 Å². The molecule has 2 N–H and O–H groups in total. The summed E-state index contributed by atoms with van der Waals surface area (Å²) in [6.07, 6.45) is 2.07. The van der Waals surface area contributed by atoms with Gasteiger partial charge in [0.1, 0.15) is 17.8 Å². The van der Waals surface area contributed by atoms with Gasteiger partial charge in [-0.25, -0.2) is 13.8 Å². The van der Waals surface area contributed by atoms with E-state index in [0.717, 1.165) is 12.5 Å². The minimum atomic E-state index is -2.80. The number of oxazole rings is 1. The molecule has 150 valence electrons. The zero-order chi connectivity index (χ0) is 20.9. The number of aromatic nitrogens is 1. The SMILES string of the molecule is C=S1(=O)C[C@@](C)(c2cc(CC(=O)c3cocn3)cc(F)c2F)N=C(N)C1(C)C. The highest BCUT2D eigenvalue weighted by atomic mass is 32.2. The standard InChI is InChI=1S/C19H21F2N3O3S/c1-18(2)17(22)24-19(3,9-28(18,4)26)12-5-11(6-13(20)16(12)21)7-15(25)14-8-27-10-23-14/h5-6,8,10H,4,7,9H2,1-3H3,(H2,22,24)/t19-,28?/m0/s1. The van der Waals surface area contributed by atoms with Gasteiger partial charge in [0, 0.05) is 17.7 Å². The fourth-order valence-electron chi connectivity index (χ4n) is 3.16. The van der Waals surface area contributed by atoms with Crippen LogP contribution in [0.3, 0.4) is 0 Å². The van der Waals surface area contributed by atoms with E-state index in [2.05, 4.69) is 15.8 Å². The van der Waals surface area contributed by atoms with Crippen LogP contribution in [0, 0.1) is 11.6 Å². The minimum Gasteiger partial charge on any atom is -0.451 e. The van der Waals surface area contributed by atoms with Crippen molar-refractivity contribution < 1.29 is 22.2 Å². The maximum atomic E-state index is 14.7. The molecule has 0 fully saturated rings. The zero-order valence-electron chi connectivity index (χ0n) is 15.8. The molecule has 1 aliphatic heterocycles. The molecule has 2 atom stereocenters. The Morgan fingerprint density at radius 2 is 2.04 bits per heavy atom. The van der Waals surface area contributed by atoms with Gasteiger partial charge in [0.05, 0.1) is 10.3 Å². The Bertz CT molecular complexity index is 1080. The molecule has 1 aromatic carbocycles. The number of Topliss-reactive ketones (excluding diaryl/α,β-unsaturated/α-hetero) is 1. The molecule has 1 unspecified atom stereocenters. The van der Waals surface area contributed by atoms with Crippen LogP contribution in [0.2, 0.25) is 0 Å². The van der Waals surface area contributed by atoms with Crippen molar-refractivity contribution in [3.05, 3.63) is 53.2 Å². The number of amidine groups is 1. The van der Waals surface area contributed by atoms with E-state index < -0.39 is 37.2 Å². The van der Waals surface area contributed by atoms with E-state index in [9.17, 15) is 17.8 Å². The Kier molecular flexibility index (Phi) is 4.69. The molecule has 1 aromatic heterocycles. The van der Waals surface area contributed by atoms with Crippen LogP contribution in [-0.2, 0) is 21.5 Å². The van der Waals surface area contributed by atoms with E-state index in [-0.39, 0.29) is 34.8 Å². The van der Waals surface area contributed by atoms with Crippen LogP contribution in [0.15, 0.2) is 34.2 Å². The lowest BCUT2D eigenvalue weighted by Crippen LogP contribution is -2.54. The molecule has 0 amide bonds. The van der Waals surface area contributed by atoms with Crippen molar-refractivity contribution in [1.82, 2.24) is 4.98 Å². The molecule has 2 aromatic rings. The van der Waals surface area contributed by atoms with Crippen LogP contribution < -0.4 is 5.73 Å². The molecule has 0 saturated carbocycles. The number of nitrogens with two attached hydrogens (primary N) is 1. The van der Waals surface area contributed by atoms with E-state index in [1.54, 1.807) is 13.8 Å². The highest BCUT2D eigenvalue weighted by Crippen LogP contribution is 2.38. The average Bonchev–Trinajstić information content (AvgIpc) is 3.10. The summed E-state index contributed by atoms with van der Waals surface area (Å²) >= 11 is 0. The van der Waals surface area contributed by atoms with Gasteiger partial charge in [0.25, 0.3) is 0 Å². The Balaban J connectivity index is 2.08. The first-order chi connectivity index (χ1) is 12.9. The first-order valence-corrected chi connectivity index (χ1v) is 10.4. The third kappa shape index (κ3) is 3.23. The number of halogens is 2. The van der Waals surface area contributed by atoms with Gasteiger partial charge in [-0.1, -0.05) is 0 Å². The van der Waals surface area contributed by atoms with Gasteiger partial charge in [-0.05, 0) is 53.9 Å². The van der Waals surface area contributed by atoms with E-state index in [1.165, 1.54) is 19.3 Å². The summed E-state index contributed by atoms with van der Waals surface area (Å²) in [5, 5.41) is 0. The number of hydrogen-bond donors (Lipinski definition) is 1. The molecule has 28 heavy (non-hydrogen) atoms. The van der Waals surface area contributed by atoms with Gasteiger partial charge in [-0.15, -0.1) is 0 Å². The van der Waals surface area contributed by atoms with Crippen LogP contribution in [0.5, 0.6) is 0 Å². The summed E-state index contributed by atoms with van der Waals surface area (Å²) in [6, 6.07) is 2.29. The number of hydrogen-bond acceptors (Lipinski definition) is 6. The molecule has 0 spiro atoms. The monoisotopic (exact) mass is 409 g/mol. The highest BCUT2D eigenvalue weighted by molar-refractivity contribution is 8.02. The number of nitrogens with zero attached hydrogens (tertiary/aromatic N) is 2. The summed E-state index contributed by atoms with van der Waals surface area (Å²) in [4.78, 5) is 20.4. The third-order valence-corrected chi connectivity index (χ3v) is 8.28. The van der Waals surface area contributed by atoms with Gasteiger partial charge in [0.2, 0.25) is 0 Å². The molecule has 1 aliphatic rings. The topological polar surface area (TPSA) is 98.5 Å². The molecular weight excluding hydrogens is 388 g/mol. The fraction of sp³-hybridized carbons (Fsp3) is 0.368. The Morgan fingerprint density at radius 3 is 2.61 bits per heavy atom. The number of carbonyl (C=O) groups is 1. The molecular formula is C19H21F2N3O3S. The van der Waals surface area contributed by atoms with Gasteiger partial charge in [-0.3, -0.25) is 14.0 Å². The molecule has 0 bridgehead atoms. The summed E-state index contributed by atoms with van der Waals surface area (Å²) in [7, 11) is -2.80. The highest BCUT2D eigenvalue weighted by Gasteiger charge is 2.46. The van der Waals surface area contributed by atoms with Crippen molar-refractivity contribution in [3.63, 3.8) is 0 Å². The third-order valence-electron chi connectivity index (χ3n) is 5.18. The molecule has 0 saturated heterocycles. The lowest BCUT2D eigenvalue weighted by Gasteiger charge is -2.41. The van der Waals surface area contributed by atoms with E-state index in [0.29, 0.717) is 0 Å². The molecule has 0 radical (unpaired) electrons. The van der Waals surface area contributed by atoms with Crippen molar-refractivity contribution >= 4 is 27.0 Å². The van der Waals surface area contributed by atoms with Crippen molar-refractivity contribution in [2.24, 2.45) is 10.7 Å². The van der Waals surface area contributed by atoms with E-state index >= 15 is 0 Å². The largest absolute Gasteiger partial charge is 0.451 e. The van der Waals surface area contributed by atoms with Gasteiger partial charge in [0.15, 0.2) is 23.8 Å². The summed E-state index contributed by atoms with van der Waals surface area (Å²) in [6.45, 7) is 4.84. The molecule has 0 aliphatic carbocycles. The summed E-state index contributed by atoms with van der Waals surface area (Å²) in [5.41, 5.74) is 4.83. The normalized spacial score (nSPS) is 26.7. The number of benzene rings is 1. The van der Waals surface area contributed by atoms with Crippen molar-refractivity contribution in [1.29, 1.82) is 0 Å². The summed E-state index contributed by atoms with van der Waals surface area (Å²) < 4.78 is 45.9. The van der Waals surface area contributed by atoms with Gasteiger partial charge < -0.3 is 10.2 Å². The smallest absolute Gasteiger partial charge is 0.188 e. The number of ketones is 1. The maximum Gasteiger partial charge on any atom is 0.188 e. The number of carbonyl (C=O) groups excluding carboxylic acids is 1. The van der Waals surface area contributed by atoms with Gasteiger partial charge in [-0.2, -0.15) is 0 Å². The average molecular weight is 409 g/mol. The van der Waals surface area contributed by atoms with E-state index in [1.807, 2.05) is 0 Å². The first kappa shape index (κ1) is 20.2. The second-order valence-corrected chi connectivity index (χ2v) is 10.6. The lowest BCUT2D eigenvalue weighted by molar-refractivity contribution is 0.0988. The number of aliphatic imine (C=N–C) groups is 1. The molecule has 6 nitrogen and oxygen atoms in total. The van der Waals surface area contributed by atoms with Crippen LogP contribution in [0.1, 0.15) is 42.4 Å². The quantitative estimate of drug-likeness (QED) is 0.618. The van der Waals surface area contributed by atoms with Crippen LogP contribution in [0.4, 0.5) is 8.78 Å². The van der Waals surface area contributed by atoms with Crippen molar-refractivity contribution in [3.8, 4) is 0 Å². The van der Waals surface area contributed by atoms with E-state index in [4.69, 9.17) is 10.2 Å². The second kappa shape index (κ2) is 6.51. The Labute approximate surface area is 161 Å². The van der Waals surface area contributed by atoms with Crippen molar-refractivity contribution in [2.75, 3.05) is 5.75 Å². The molecule has 9 heteroatoms. The minimum absolute atomic E-state index is 0.0603. The predicted octanol–water partition coefficient (Wildman–Crippen LogP) is 2.46. The predicted molar refractivity (Wildman–Crippen MR) is 104 cm³/mol. The maximum absolute atomic E-state index is 14.7. The lowest BCUT2D eigenvalue weighted by atomic mass is 9.90. The Hall–Kier alpha value is -2.55. The number of rotatable bonds is 4. The fourth-order valence-corrected chi connectivity index (χ4v) is 5.08. The molecule has 3 rings (SSSR count). The first-order valence-electron chi connectivity index (χ1n) is 8.47.